The number of rotatable bonds is 4. The van der Waals surface area contributed by atoms with Crippen LogP contribution in [-0.2, 0) is 9.53 Å². The van der Waals surface area contributed by atoms with Crippen LogP contribution in [-0.4, -0.2) is 23.9 Å². The van der Waals surface area contributed by atoms with Crippen LogP contribution in [0, 0.1) is 0 Å². The molecule has 1 fully saturated rings. The molecule has 3 nitrogen and oxygen atoms in total. The second-order valence-corrected chi connectivity index (χ2v) is 6.64. The summed E-state index contributed by atoms with van der Waals surface area (Å²) in [4.78, 5) is 11.7. The van der Waals surface area contributed by atoms with Gasteiger partial charge in [-0.25, -0.2) is 0 Å². The largest absolute Gasteiger partial charge is 0.377 e. The van der Waals surface area contributed by atoms with E-state index in [-0.39, 0.29) is 17.3 Å². The van der Waals surface area contributed by atoms with E-state index in [2.05, 4.69) is 15.9 Å². The average Bonchev–Trinajstić information content (AvgIpc) is 2.71. The second-order valence-electron chi connectivity index (χ2n) is 4.38. The Bertz CT molecular complexity index is 441. The molecule has 5 heteroatoms. The van der Waals surface area contributed by atoms with E-state index in [1.807, 2.05) is 31.2 Å². The Kier molecular flexibility index (Phi) is 4.70. The highest BCUT2D eigenvalue weighted by Crippen LogP contribution is 2.38. The van der Waals surface area contributed by atoms with Gasteiger partial charge in [0.1, 0.15) is 5.25 Å². The van der Waals surface area contributed by atoms with E-state index in [0.29, 0.717) is 5.25 Å². The Morgan fingerprint density at radius 1 is 1.61 bits per heavy atom. The lowest BCUT2D eigenvalue weighted by Gasteiger charge is -2.20. The number of primary amides is 1. The molecule has 18 heavy (non-hydrogen) atoms. The van der Waals surface area contributed by atoms with Crippen LogP contribution >= 0.6 is 27.7 Å². The fourth-order valence-electron chi connectivity index (χ4n) is 2.05. The minimum Gasteiger partial charge on any atom is -0.377 e. The SMILES string of the molecule is C[C@@H]1OCC[C@@H]1S[C@H](C(N)=O)c1cccc(Br)c1. The summed E-state index contributed by atoms with van der Waals surface area (Å²) in [5, 5.41) is 0.0260. The molecule has 2 rings (SSSR count). The highest BCUT2D eigenvalue weighted by molar-refractivity contribution is 9.10. The molecular weight excluding hydrogens is 314 g/mol. The van der Waals surface area contributed by atoms with Crippen molar-refractivity contribution in [3.63, 3.8) is 0 Å². The van der Waals surface area contributed by atoms with Crippen LogP contribution in [0.3, 0.4) is 0 Å². The van der Waals surface area contributed by atoms with Crippen LogP contribution in [0.25, 0.3) is 0 Å². The summed E-state index contributed by atoms with van der Waals surface area (Å²) in [7, 11) is 0. The first kappa shape index (κ1) is 13.9. The molecule has 1 aliphatic rings. The van der Waals surface area contributed by atoms with E-state index < -0.39 is 0 Å². The molecule has 1 aromatic rings. The Morgan fingerprint density at radius 2 is 2.39 bits per heavy atom. The normalized spacial score (nSPS) is 25.0. The van der Waals surface area contributed by atoms with Crippen molar-refractivity contribution in [3.8, 4) is 0 Å². The molecule has 2 N–H and O–H groups in total. The molecule has 0 radical (unpaired) electrons. The van der Waals surface area contributed by atoms with Gasteiger partial charge in [-0.15, -0.1) is 11.8 Å². The molecule has 1 aliphatic heterocycles. The number of hydrogen-bond donors (Lipinski definition) is 1. The maximum Gasteiger partial charge on any atom is 0.235 e. The number of thioether (sulfide) groups is 1. The monoisotopic (exact) mass is 329 g/mol. The van der Waals surface area contributed by atoms with Gasteiger partial charge in [0.15, 0.2) is 0 Å². The first-order valence-corrected chi connectivity index (χ1v) is 7.63. The van der Waals surface area contributed by atoms with Crippen LogP contribution in [0.1, 0.15) is 24.2 Å². The predicted octanol–water partition coefficient (Wildman–Crippen LogP) is 2.89. The molecule has 1 aromatic carbocycles. The van der Waals surface area contributed by atoms with Crippen LogP contribution in [0.4, 0.5) is 0 Å². The molecule has 98 valence electrons. The molecule has 0 spiro atoms. The van der Waals surface area contributed by atoms with Crippen molar-refractivity contribution < 1.29 is 9.53 Å². The van der Waals surface area contributed by atoms with Gasteiger partial charge in [-0.2, -0.15) is 0 Å². The number of hydrogen-bond acceptors (Lipinski definition) is 3. The number of ether oxygens (including phenoxy) is 1. The van der Waals surface area contributed by atoms with E-state index in [1.54, 1.807) is 11.8 Å². The Morgan fingerprint density at radius 3 is 2.94 bits per heavy atom. The first-order valence-electron chi connectivity index (χ1n) is 5.90. The van der Waals surface area contributed by atoms with Crippen LogP contribution < -0.4 is 5.73 Å². The molecular formula is C13H16BrNO2S. The topological polar surface area (TPSA) is 52.3 Å². The Balaban J connectivity index is 2.16. The summed E-state index contributed by atoms with van der Waals surface area (Å²) in [6, 6.07) is 7.74. The lowest BCUT2D eigenvalue weighted by molar-refractivity contribution is -0.117. The summed E-state index contributed by atoms with van der Waals surface area (Å²) >= 11 is 5.03. The first-order chi connectivity index (χ1) is 8.58. The van der Waals surface area contributed by atoms with Crippen LogP contribution in [0.5, 0.6) is 0 Å². The number of nitrogens with two attached hydrogens (primary N) is 1. The maximum atomic E-state index is 11.7. The van der Waals surface area contributed by atoms with E-state index in [1.165, 1.54) is 0 Å². The van der Waals surface area contributed by atoms with Gasteiger partial charge < -0.3 is 10.5 Å². The number of amides is 1. The molecule has 1 amide bonds. The van der Waals surface area contributed by atoms with Crippen LogP contribution in [0.2, 0.25) is 0 Å². The van der Waals surface area contributed by atoms with Gasteiger partial charge in [-0.3, -0.25) is 4.79 Å². The standard InChI is InChI=1S/C13H16BrNO2S/c1-8-11(5-6-17-8)18-12(13(15)16)9-3-2-4-10(14)7-9/h2-4,7-8,11-12H,5-6H2,1H3,(H2,15,16)/t8-,11-,12-/m0/s1. The molecule has 3 atom stereocenters. The van der Waals surface area contributed by atoms with Gasteiger partial charge in [-0.05, 0) is 31.0 Å². The van der Waals surface area contributed by atoms with Gasteiger partial charge in [0.2, 0.25) is 5.91 Å². The van der Waals surface area contributed by atoms with Crippen molar-refractivity contribution in [3.05, 3.63) is 34.3 Å². The van der Waals surface area contributed by atoms with Crippen molar-refractivity contribution in [1.82, 2.24) is 0 Å². The zero-order valence-electron chi connectivity index (χ0n) is 10.1. The predicted molar refractivity (Wildman–Crippen MR) is 77.5 cm³/mol. The third kappa shape index (κ3) is 3.28. The van der Waals surface area contributed by atoms with Crippen molar-refractivity contribution in [2.75, 3.05) is 6.61 Å². The van der Waals surface area contributed by atoms with Gasteiger partial charge in [0, 0.05) is 16.3 Å². The molecule has 0 aliphatic carbocycles. The third-order valence-electron chi connectivity index (χ3n) is 3.03. The average molecular weight is 330 g/mol. The summed E-state index contributed by atoms with van der Waals surface area (Å²) in [6.45, 7) is 2.81. The number of carbonyl (C=O) groups is 1. The van der Waals surface area contributed by atoms with Crippen molar-refractivity contribution >= 4 is 33.6 Å². The molecule has 0 saturated carbocycles. The quantitative estimate of drug-likeness (QED) is 0.924. The van der Waals surface area contributed by atoms with E-state index in [0.717, 1.165) is 23.1 Å². The van der Waals surface area contributed by atoms with Gasteiger partial charge in [-0.1, -0.05) is 28.1 Å². The van der Waals surface area contributed by atoms with E-state index in [9.17, 15) is 4.79 Å². The molecule has 1 heterocycles. The number of carbonyl (C=O) groups excluding carboxylic acids is 1. The van der Waals surface area contributed by atoms with Crippen molar-refractivity contribution in [2.45, 2.75) is 29.9 Å². The fraction of sp³-hybridized carbons (Fsp3) is 0.462. The van der Waals surface area contributed by atoms with Gasteiger partial charge in [0.05, 0.1) is 6.10 Å². The number of benzene rings is 1. The highest BCUT2D eigenvalue weighted by atomic mass is 79.9. The molecule has 1 saturated heterocycles. The molecule has 0 unspecified atom stereocenters. The Labute approximate surface area is 120 Å². The summed E-state index contributed by atoms with van der Waals surface area (Å²) < 4.78 is 6.48. The summed E-state index contributed by atoms with van der Waals surface area (Å²) in [5.41, 5.74) is 6.47. The van der Waals surface area contributed by atoms with Crippen molar-refractivity contribution in [1.29, 1.82) is 0 Å². The minimum absolute atomic E-state index is 0.184. The lowest BCUT2D eigenvalue weighted by Crippen LogP contribution is -2.23. The van der Waals surface area contributed by atoms with E-state index in [4.69, 9.17) is 10.5 Å². The van der Waals surface area contributed by atoms with E-state index >= 15 is 0 Å². The maximum absolute atomic E-state index is 11.7. The zero-order chi connectivity index (χ0) is 13.1. The Hall–Kier alpha value is -0.520. The van der Waals surface area contributed by atoms with Crippen molar-refractivity contribution in [2.24, 2.45) is 5.73 Å². The third-order valence-corrected chi connectivity index (χ3v) is 5.27. The van der Waals surface area contributed by atoms with Gasteiger partial charge >= 0.3 is 0 Å². The van der Waals surface area contributed by atoms with Crippen LogP contribution in [0.15, 0.2) is 28.7 Å². The second kappa shape index (κ2) is 6.08. The molecule has 0 aromatic heterocycles. The zero-order valence-corrected chi connectivity index (χ0v) is 12.5. The minimum atomic E-state index is -0.309. The highest BCUT2D eigenvalue weighted by Gasteiger charge is 2.30. The summed E-state index contributed by atoms with van der Waals surface area (Å²) in [5.74, 6) is -0.294. The smallest absolute Gasteiger partial charge is 0.235 e. The summed E-state index contributed by atoms with van der Waals surface area (Å²) in [6.07, 6.45) is 1.16. The van der Waals surface area contributed by atoms with Gasteiger partial charge in [0.25, 0.3) is 0 Å². The number of halogens is 1. The lowest BCUT2D eigenvalue weighted by atomic mass is 10.1. The molecule has 0 bridgehead atoms. The fourth-order valence-corrected chi connectivity index (χ4v) is 3.78.